The molecule has 132 valence electrons. The minimum Gasteiger partial charge on any atom is -0.486 e. The number of carbonyl (C=O) groups is 1. The molecule has 0 aliphatic carbocycles. The Hall–Kier alpha value is -2.73. The van der Waals surface area contributed by atoms with Crippen LogP contribution in [0.25, 0.3) is 6.08 Å². The number of halogens is 2. The summed E-state index contributed by atoms with van der Waals surface area (Å²) in [5.74, 6) is 0.867. The van der Waals surface area contributed by atoms with Crippen molar-refractivity contribution in [2.75, 3.05) is 0 Å². The number of aromatic nitrogens is 2. The van der Waals surface area contributed by atoms with Gasteiger partial charge in [0, 0.05) is 35.0 Å². The topological polar surface area (TPSA) is 44.1 Å². The van der Waals surface area contributed by atoms with Gasteiger partial charge in [-0.25, -0.2) is 9.37 Å². The highest BCUT2D eigenvalue weighted by Crippen LogP contribution is 2.18. The Morgan fingerprint density at radius 3 is 2.73 bits per heavy atom. The second kappa shape index (κ2) is 8.10. The van der Waals surface area contributed by atoms with Crippen molar-refractivity contribution in [2.45, 2.75) is 6.61 Å². The van der Waals surface area contributed by atoms with Crippen molar-refractivity contribution in [3.05, 3.63) is 88.2 Å². The molecule has 2 aromatic carbocycles. The van der Waals surface area contributed by atoms with E-state index in [2.05, 4.69) is 20.9 Å². The zero-order valence-electron chi connectivity index (χ0n) is 14.0. The molecule has 0 fully saturated rings. The van der Waals surface area contributed by atoms with Gasteiger partial charge in [-0.3, -0.25) is 4.79 Å². The van der Waals surface area contributed by atoms with Crippen molar-refractivity contribution in [1.29, 1.82) is 0 Å². The predicted molar refractivity (Wildman–Crippen MR) is 101 cm³/mol. The summed E-state index contributed by atoms with van der Waals surface area (Å²) in [6, 6.07) is 11.4. The standard InChI is InChI=1S/C20H16BrFN2O2/c1-24-11-10-23-20(24)13-26-17-6-2-14(3-7-17)19(25)9-4-15-12-16(21)5-8-18(15)22/h2-12H,13H2,1H3/b9-4+. The Labute approximate surface area is 159 Å². The van der Waals surface area contributed by atoms with Crippen molar-refractivity contribution in [3.8, 4) is 5.75 Å². The fourth-order valence-corrected chi connectivity index (χ4v) is 2.68. The van der Waals surface area contributed by atoms with Gasteiger partial charge in [0.05, 0.1) is 0 Å². The van der Waals surface area contributed by atoms with E-state index in [-0.39, 0.29) is 11.6 Å². The van der Waals surface area contributed by atoms with Gasteiger partial charge in [0.2, 0.25) is 0 Å². The Bertz CT molecular complexity index is 949. The van der Waals surface area contributed by atoms with Crippen molar-refractivity contribution in [1.82, 2.24) is 9.55 Å². The average Bonchev–Trinajstić information content (AvgIpc) is 3.06. The highest BCUT2D eigenvalue weighted by atomic mass is 79.9. The minimum absolute atomic E-state index is 0.208. The fourth-order valence-electron chi connectivity index (χ4n) is 2.30. The number of ether oxygens (including phenoxy) is 1. The highest BCUT2D eigenvalue weighted by Gasteiger charge is 2.05. The number of nitrogens with zero attached hydrogens (tertiary/aromatic N) is 2. The van der Waals surface area contributed by atoms with Crippen LogP contribution in [0.5, 0.6) is 5.75 Å². The Kier molecular flexibility index (Phi) is 5.63. The van der Waals surface area contributed by atoms with Crippen LogP contribution in [0.1, 0.15) is 21.7 Å². The van der Waals surface area contributed by atoms with Crippen molar-refractivity contribution in [2.24, 2.45) is 7.05 Å². The van der Waals surface area contributed by atoms with Gasteiger partial charge in [-0.05, 0) is 54.6 Å². The van der Waals surface area contributed by atoms with Gasteiger partial charge >= 0.3 is 0 Å². The number of rotatable bonds is 6. The maximum absolute atomic E-state index is 13.7. The van der Waals surface area contributed by atoms with Gasteiger partial charge in [0.25, 0.3) is 0 Å². The molecule has 0 atom stereocenters. The lowest BCUT2D eigenvalue weighted by Gasteiger charge is -2.06. The third kappa shape index (κ3) is 4.46. The van der Waals surface area contributed by atoms with E-state index < -0.39 is 0 Å². The van der Waals surface area contributed by atoms with Gasteiger partial charge in [0.15, 0.2) is 5.78 Å². The molecule has 0 unspecified atom stereocenters. The van der Waals surface area contributed by atoms with E-state index in [1.54, 1.807) is 42.6 Å². The summed E-state index contributed by atoms with van der Waals surface area (Å²) >= 11 is 3.28. The minimum atomic E-state index is -0.379. The molecule has 3 rings (SSSR count). The van der Waals surface area contributed by atoms with Gasteiger partial charge in [-0.1, -0.05) is 15.9 Å². The number of allylic oxidation sites excluding steroid dienone is 1. The zero-order valence-corrected chi connectivity index (χ0v) is 15.6. The lowest BCUT2D eigenvalue weighted by Crippen LogP contribution is -2.03. The SMILES string of the molecule is Cn1ccnc1COc1ccc(C(=O)/C=C/c2cc(Br)ccc2F)cc1. The summed E-state index contributed by atoms with van der Waals surface area (Å²) in [5, 5.41) is 0. The molecule has 3 aromatic rings. The van der Waals surface area contributed by atoms with Crippen molar-refractivity contribution in [3.63, 3.8) is 0 Å². The summed E-state index contributed by atoms with van der Waals surface area (Å²) in [6.45, 7) is 0.346. The number of hydrogen-bond donors (Lipinski definition) is 0. The molecule has 0 bridgehead atoms. The predicted octanol–water partition coefficient (Wildman–Crippen LogP) is 4.80. The second-order valence-corrected chi connectivity index (χ2v) is 6.55. The molecule has 26 heavy (non-hydrogen) atoms. The number of ketones is 1. The van der Waals surface area contributed by atoms with E-state index >= 15 is 0 Å². The van der Waals surface area contributed by atoms with E-state index in [4.69, 9.17) is 4.74 Å². The zero-order chi connectivity index (χ0) is 18.5. The molecule has 0 spiro atoms. The Balaban J connectivity index is 1.64. The quantitative estimate of drug-likeness (QED) is 0.429. The maximum atomic E-state index is 13.7. The summed E-state index contributed by atoms with van der Waals surface area (Å²) in [7, 11) is 1.90. The second-order valence-electron chi connectivity index (χ2n) is 5.63. The molecule has 6 heteroatoms. The molecule has 0 saturated heterocycles. The Morgan fingerprint density at radius 1 is 1.27 bits per heavy atom. The van der Waals surface area contributed by atoms with Crippen LogP contribution in [0.4, 0.5) is 4.39 Å². The molecule has 1 heterocycles. The normalized spacial score (nSPS) is 11.0. The molecule has 0 radical (unpaired) electrons. The van der Waals surface area contributed by atoms with Gasteiger partial charge < -0.3 is 9.30 Å². The number of aryl methyl sites for hydroxylation is 1. The maximum Gasteiger partial charge on any atom is 0.185 e. The van der Waals surface area contributed by atoms with Crippen LogP contribution in [0.2, 0.25) is 0 Å². The van der Waals surface area contributed by atoms with E-state index in [0.717, 1.165) is 10.3 Å². The van der Waals surface area contributed by atoms with Crippen LogP contribution < -0.4 is 4.74 Å². The van der Waals surface area contributed by atoms with Crippen LogP contribution in [0.15, 0.2) is 65.4 Å². The van der Waals surface area contributed by atoms with E-state index in [1.165, 1.54) is 18.2 Å². The number of hydrogen-bond acceptors (Lipinski definition) is 3. The van der Waals surface area contributed by atoms with Crippen LogP contribution in [-0.4, -0.2) is 15.3 Å². The molecule has 0 amide bonds. The lowest BCUT2D eigenvalue weighted by atomic mass is 10.1. The van der Waals surface area contributed by atoms with E-state index in [1.807, 2.05) is 17.8 Å². The summed E-state index contributed by atoms with van der Waals surface area (Å²) in [4.78, 5) is 16.4. The van der Waals surface area contributed by atoms with Crippen molar-refractivity contribution < 1.29 is 13.9 Å². The largest absolute Gasteiger partial charge is 0.486 e. The first-order valence-electron chi connectivity index (χ1n) is 7.89. The first-order valence-corrected chi connectivity index (χ1v) is 8.69. The smallest absolute Gasteiger partial charge is 0.185 e. The fraction of sp³-hybridized carbons (Fsp3) is 0.100. The monoisotopic (exact) mass is 414 g/mol. The van der Waals surface area contributed by atoms with Crippen molar-refractivity contribution >= 4 is 27.8 Å². The van der Waals surface area contributed by atoms with Gasteiger partial charge in [-0.15, -0.1) is 0 Å². The number of imidazole rings is 1. The average molecular weight is 415 g/mol. The summed E-state index contributed by atoms with van der Waals surface area (Å²) in [5.41, 5.74) is 0.851. The number of benzene rings is 2. The van der Waals surface area contributed by atoms with Gasteiger partial charge in [-0.2, -0.15) is 0 Å². The summed E-state index contributed by atoms with van der Waals surface area (Å²) in [6.07, 6.45) is 6.38. The van der Waals surface area contributed by atoms with Crippen LogP contribution >= 0.6 is 15.9 Å². The molecule has 4 nitrogen and oxygen atoms in total. The van der Waals surface area contributed by atoms with Crippen LogP contribution in [0.3, 0.4) is 0 Å². The highest BCUT2D eigenvalue weighted by molar-refractivity contribution is 9.10. The van der Waals surface area contributed by atoms with Crippen LogP contribution in [0, 0.1) is 5.82 Å². The van der Waals surface area contributed by atoms with Crippen LogP contribution in [-0.2, 0) is 13.7 Å². The number of carbonyl (C=O) groups excluding carboxylic acids is 1. The molecule has 1 aromatic heterocycles. The van der Waals surface area contributed by atoms with E-state index in [9.17, 15) is 9.18 Å². The first kappa shape index (κ1) is 18.1. The first-order chi connectivity index (χ1) is 12.5. The third-order valence-electron chi connectivity index (χ3n) is 3.80. The molecule has 0 saturated carbocycles. The molecule has 0 aliphatic heterocycles. The molecule has 0 aliphatic rings. The summed E-state index contributed by atoms with van der Waals surface area (Å²) < 4.78 is 22.0. The third-order valence-corrected chi connectivity index (χ3v) is 4.29. The van der Waals surface area contributed by atoms with Gasteiger partial charge in [0.1, 0.15) is 24.0 Å². The Morgan fingerprint density at radius 2 is 2.04 bits per heavy atom. The molecule has 0 N–H and O–H groups in total. The van der Waals surface area contributed by atoms with E-state index in [0.29, 0.717) is 23.5 Å². The molecular weight excluding hydrogens is 399 g/mol. The lowest BCUT2D eigenvalue weighted by molar-refractivity contribution is 0.104. The molecular formula is C20H16BrFN2O2.